The number of aliphatic imine (C=N–C) groups is 1. The zero-order valence-corrected chi connectivity index (χ0v) is 22.9. The highest BCUT2D eigenvalue weighted by Gasteiger charge is 2.48. The summed E-state index contributed by atoms with van der Waals surface area (Å²) in [5.74, 6) is -1.45. The molecule has 3 N–H and O–H groups in total. The summed E-state index contributed by atoms with van der Waals surface area (Å²) in [7, 11) is 0. The number of nitrogens with one attached hydrogen (secondary N) is 2. The normalized spacial score (nSPS) is 24.2. The lowest BCUT2D eigenvalue weighted by Crippen LogP contribution is -2.58. The first-order valence-electron chi connectivity index (χ1n) is 12.6. The summed E-state index contributed by atoms with van der Waals surface area (Å²) in [6.45, 7) is 12.2. The maximum Gasteiger partial charge on any atom is 0.326 e. The van der Waals surface area contributed by atoms with Crippen molar-refractivity contribution >= 4 is 34.9 Å². The molecule has 5 rings (SSSR count). The van der Waals surface area contributed by atoms with Crippen LogP contribution in [-0.2, 0) is 20.4 Å². The lowest BCUT2D eigenvalue weighted by molar-refractivity contribution is -0.123. The van der Waals surface area contributed by atoms with Gasteiger partial charge in [0.15, 0.2) is 5.78 Å². The quantitative estimate of drug-likeness (QED) is 0.494. The van der Waals surface area contributed by atoms with Crippen LogP contribution in [0, 0.1) is 5.92 Å². The van der Waals surface area contributed by atoms with E-state index in [-0.39, 0.29) is 34.1 Å². The molecule has 0 saturated carbocycles. The molecule has 1 aromatic carbocycles. The van der Waals surface area contributed by atoms with Crippen LogP contribution in [0.15, 0.2) is 45.9 Å². The molecule has 0 radical (unpaired) electrons. The van der Waals surface area contributed by atoms with Crippen molar-refractivity contribution in [2.45, 2.75) is 77.0 Å². The van der Waals surface area contributed by atoms with Crippen LogP contribution < -0.4 is 10.6 Å². The third-order valence-corrected chi connectivity index (χ3v) is 8.53. The van der Waals surface area contributed by atoms with Gasteiger partial charge in [0.05, 0.1) is 5.70 Å². The highest BCUT2D eigenvalue weighted by atomic mass is 32.1. The zero-order chi connectivity index (χ0) is 26.9. The summed E-state index contributed by atoms with van der Waals surface area (Å²) >= 11 is 1.62. The molecule has 1 saturated heterocycles. The number of hydrogen-bond donors (Lipinski definition) is 3. The first-order valence-corrected chi connectivity index (χ1v) is 13.5. The predicted molar refractivity (Wildman–Crippen MR) is 144 cm³/mol. The van der Waals surface area contributed by atoms with E-state index >= 15 is 0 Å². The van der Waals surface area contributed by atoms with Crippen LogP contribution in [0.2, 0.25) is 0 Å². The Labute approximate surface area is 221 Å². The minimum absolute atomic E-state index is 0.0102. The van der Waals surface area contributed by atoms with E-state index in [0.29, 0.717) is 24.1 Å². The van der Waals surface area contributed by atoms with Gasteiger partial charge in [0, 0.05) is 28.7 Å². The van der Waals surface area contributed by atoms with Gasteiger partial charge in [0.2, 0.25) is 5.91 Å². The second kappa shape index (κ2) is 8.65. The van der Waals surface area contributed by atoms with Crippen molar-refractivity contribution in [2.75, 3.05) is 0 Å². The predicted octanol–water partition coefficient (Wildman–Crippen LogP) is 5.40. The number of hydrogen-bond acceptors (Lipinski definition) is 6. The lowest BCUT2D eigenvalue weighted by Gasteiger charge is -2.39. The minimum atomic E-state index is -0.844. The van der Waals surface area contributed by atoms with Crippen molar-refractivity contribution < 1.29 is 19.5 Å². The van der Waals surface area contributed by atoms with Crippen LogP contribution >= 0.6 is 11.3 Å². The van der Waals surface area contributed by atoms with Gasteiger partial charge >= 0.3 is 6.03 Å². The molecule has 1 fully saturated rings. The van der Waals surface area contributed by atoms with E-state index in [1.165, 1.54) is 0 Å². The molecule has 0 bridgehead atoms. The molecule has 1 aliphatic carbocycles. The number of allylic oxidation sites excluding steroid dienone is 2. The Kier molecular flexibility index (Phi) is 5.94. The largest absolute Gasteiger partial charge is 0.507 e. The summed E-state index contributed by atoms with van der Waals surface area (Å²) in [6, 6.07) is 7.24. The Morgan fingerprint density at radius 1 is 0.946 bits per heavy atom. The Morgan fingerprint density at radius 3 is 2.16 bits per heavy atom. The average molecular weight is 520 g/mol. The molecule has 3 unspecified atom stereocenters. The number of thiophene rings is 1. The molecule has 37 heavy (non-hydrogen) atoms. The topological polar surface area (TPSA) is 108 Å². The van der Waals surface area contributed by atoms with Gasteiger partial charge in [0.1, 0.15) is 17.5 Å². The maximum absolute atomic E-state index is 13.8. The fourth-order valence-corrected chi connectivity index (χ4v) is 6.52. The number of fused-ring (bicyclic) bond motifs is 1. The minimum Gasteiger partial charge on any atom is -0.507 e. The summed E-state index contributed by atoms with van der Waals surface area (Å²) in [4.78, 5) is 45.1. The highest BCUT2D eigenvalue weighted by molar-refractivity contribution is 7.10. The molecule has 0 spiro atoms. The summed E-state index contributed by atoms with van der Waals surface area (Å²) in [5.41, 5.74) is 2.68. The number of carbonyl (C=O) groups is 3. The number of aromatic hydroxyl groups is 1. The molecule has 1 aromatic heterocycles. The zero-order valence-electron chi connectivity index (χ0n) is 22.1. The standard InChI is InChI=1S/C29H33N3O4S/c1-28(2,3)16-10-15(11-17(24(16)34)29(4,5)6)21-22-18(30-25-23(21)26(35)32-27(36)31-25)12-14(13-19(22)33)20-8-7-9-37-20/h7-11,14,21,23,34H,12-13H2,1-6H3,(H2,30,31,32,35,36). The van der Waals surface area contributed by atoms with Gasteiger partial charge in [-0.2, -0.15) is 0 Å². The lowest BCUT2D eigenvalue weighted by atomic mass is 9.68. The SMILES string of the molecule is CC(C)(C)c1cc(C2C3=C(CC(c4cccs4)CC3=O)N=C3NC(=O)NC(=O)C32)cc(C(C)(C)C)c1O. The highest BCUT2D eigenvalue weighted by Crippen LogP contribution is 2.49. The van der Waals surface area contributed by atoms with Crippen molar-refractivity contribution in [3.8, 4) is 5.75 Å². The van der Waals surface area contributed by atoms with Gasteiger partial charge in [-0.1, -0.05) is 59.7 Å². The molecule has 3 heterocycles. The van der Waals surface area contributed by atoms with Gasteiger partial charge in [-0.05, 0) is 45.4 Å². The number of benzene rings is 1. The van der Waals surface area contributed by atoms with E-state index in [9.17, 15) is 19.5 Å². The van der Waals surface area contributed by atoms with Gasteiger partial charge in [-0.15, -0.1) is 11.3 Å². The number of ketones is 1. The van der Waals surface area contributed by atoms with Gasteiger partial charge < -0.3 is 5.11 Å². The van der Waals surface area contributed by atoms with E-state index in [1.54, 1.807) is 11.3 Å². The first-order chi connectivity index (χ1) is 17.3. The molecular weight excluding hydrogens is 486 g/mol. The van der Waals surface area contributed by atoms with Crippen LogP contribution in [0.3, 0.4) is 0 Å². The van der Waals surface area contributed by atoms with E-state index in [4.69, 9.17) is 4.99 Å². The molecule has 3 atom stereocenters. The molecule has 3 aliphatic rings. The molecule has 2 aliphatic heterocycles. The van der Waals surface area contributed by atoms with Crippen LogP contribution in [-0.4, -0.2) is 28.7 Å². The van der Waals surface area contributed by atoms with Crippen LogP contribution in [0.5, 0.6) is 5.75 Å². The number of Topliss-reactive ketones (excluding diaryl/α,β-unsaturated/α-hetero) is 1. The van der Waals surface area contributed by atoms with E-state index in [0.717, 1.165) is 21.6 Å². The Morgan fingerprint density at radius 2 is 1.59 bits per heavy atom. The number of rotatable bonds is 2. The fourth-order valence-electron chi connectivity index (χ4n) is 5.69. The molecule has 194 valence electrons. The second-order valence-electron chi connectivity index (χ2n) is 12.3. The van der Waals surface area contributed by atoms with Gasteiger partial charge in [0.25, 0.3) is 0 Å². The van der Waals surface area contributed by atoms with E-state index in [2.05, 4.69) is 10.6 Å². The number of amides is 3. The van der Waals surface area contributed by atoms with Gasteiger partial charge in [-0.25, -0.2) is 9.79 Å². The monoisotopic (exact) mass is 519 g/mol. The average Bonchev–Trinajstić information content (AvgIpc) is 3.31. The van der Waals surface area contributed by atoms with Crippen molar-refractivity contribution in [1.29, 1.82) is 0 Å². The van der Waals surface area contributed by atoms with Gasteiger partial charge in [-0.3, -0.25) is 20.2 Å². The third kappa shape index (κ3) is 4.41. The number of nitrogens with zero attached hydrogens (tertiary/aromatic N) is 1. The van der Waals surface area contributed by atoms with E-state index < -0.39 is 23.8 Å². The summed E-state index contributed by atoms with van der Waals surface area (Å²) in [5, 5.41) is 18.4. The smallest absolute Gasteiger partial charge is 0.326 e. The van der Waals surface area contributed by atoms with Crippen LogP contribution in [0.4, 0.5) is 4.79 Å². The molecule has 2 aromatic rings. The number of phenolic OH excluding ortho intramolecular Hbond substituents is 1. The maximum atomic E-state index is 13.8. The number of urea groups is 1. The number of amidine groups is 1. The second-order valence-corrected chi connectivity index (χ2v) is 13.2. The Hall–Kier alpha value is -3.26. The fraction of sp³-hybridized carbons (Fsp3) is 0.448. The Bertz CT molecular complexity index is 1340. The third-order valence-electron chi connectivity index (χ3n) is 7.49. The van der Waals surface area contributed by atoms with Crippen molar-refractivity contribution in [3.63, 3.8) is 0 Å². The molecular formula is C29H33N3O4S. The molecule has 7 nitrogen and oxygen atoms in total. The number of phenols is 1. The van der Waals surface area contributed by atoms with Crippen molar-refractivity contribution in [2.24, 2.45) is 10.9 Å². The van der Waals surface area contributed by atoms with Crippen molar-refractivity contribution in [3.05, 3.63) is 62.5 Å². The number of imide groups is 1. The van der Waals surface area contributed by atoms with Crippen LogP contribution in [0.25, 0.3) is 0 Å². The Balaban J connectivity index is 1.74. The first kappa shape index (κ1) is 25.4. The van der Waals surface area contributed by atoms with E-state index in [1.807, 2.05) is 71.2 Å². The molecule has 3 amide bonds. The number of carbonyl (C=O) groups excluding carboxylic acids is 3. The summed E-state index contributed by atoms with van der Waals surface area (Å²) < 4.78 is 0. The van der Waals surface area contributed by atoms with Crippen LogP contribution in [0.1, 0.15) is 87.8 Å². The van der Waals surface area contributed by atoms with Crippen molar-refractivity contribution in [1.82, 2.24) is 10.6 Å². The summed E-state index contributed by atoms with van der Waals surface area (Å²) in [6.07, 6.45) is 0.903. The molecule has 8 heteroatoms.